The highest BCUT2D eigenvalue weighted by atomic mass is 32.2. The van der Waals surface area contributed by atoms with Gasteiger partial charge in [0.05, 0.1) is 0 Å². The number of phenols is 1. The minimum Gasteiger partial charge on any atom is -0.503 e. The summed E-state index contributed by atoms with van der Waals surface area (Å²) in [5.41, 5.74) is 0.158. The molecule has 0 aromatic heterocycles. The Morgan fingerprint density at radius 2 is 2.00 bits per heavy atom. The van der Waals surface area contributed by atoms with Gasteiger partial charge in [0.25, 0.3) is 0 Å². The summed E-state index contributed by atoms with van der Waals surface area (Å²) < 4.78 is 25.8. The van der Waals surface area contributed by atoms with E-state index in [0.29, 0.717) is 12.2 Å². The van der Waals surface area contributed by atoms with Gasteiger partial charge in [-0.05, 0) is 12.1 Å². The average molecular weight is 256 g/mol. The van der Waals surface area contributed by atoms with Crippen molar-refractivity contribution < 1.29 is 18.7 Å². The van der Waals surface area contributed by atoms with E-state index in [1.807, 2.05) is 0 Å². The van der Waals surface area contributed by atoms with Crippen LogP contribution in [0.15, 0.2) is 12.1 Å². The minimum atomic E-state index is -1.03. The molecule has 0 heterocycles. The first-order valence-electron chi connectivity index (χ1n) is 4.81. The van der Waals surface area contributed by atoms with Gasteiger partial charge in [-0.25, -0.2) is 8.78 Å². The number of carbonyl (C=O) groups is 1. The summed E-state index contributed by atoms with van der Waals surface area (Å²) in [6, 6.07) is 1.92. The molecule has 0 saturated carbocycles. The van der Waals surface area contributed by atoms with Crippen LogP contribution in [0.2, 0.25) is 0 Å². The lowest BCUT2D eigenvalue weighted by atomic mass is 10.2. The Balaban J connectivity index is 2.63. The van der Waals surface area contributed by atoms with Gasteiger partial charge in [0.1, 0.15) is 0 Å². The smallest absolute Gasteiger partial charge is 0.187 e. The number of aromatic hydroxyl groups is 1. The first-order valence-corrected chi connectivity index (χ1v) is 5.79. The van der Waals surface area contributed by atoms with Gasteiger partial charge in [-0.1, -0.05) is 23.6 Å². The Morgan fingerprint density at radius 3 is 2.53 bits per heavy atom. The molecule has 0 aliphatic heterocycles. The molecule has 0 aliphatic rings. The molecule has 1 rings (SSSR count). The summed E-state index contributed by atoms with van der Waals surface area (Å²) in [7, 11) is 0. The first kappa shape index (κ1) is 13.5. The predicted octanol–water partition coefficient (Wildman–Crippen LogP) is 2.69. The normalized spacial score (nSPS) is 9.59. The van der Waals surface area contributed by atoms with Crippen LogP contribution in [0.4, 0.5) is 8.78 Å². The maximum absolute atomic E-state index is 12.9. The summed E-state index contributed by atoms with van der Waals surface area (Å²) in [6.45, 7) is 1.46. The highest BCUT2D eigenvalue weighted by Crippen LogP contribution is 2.20. The molecular weight excluding hydrogens is 246 g/mol. The fourth-order valence-corrected chi connectivity index (χ4v) is 1.54. The van der Waals surface area contributed by atoms with Crippen molar-refractivity contribution >= 4 is 16.9 Å². The molecule has 1 aromatic carbocycles. The van der Waals surface area contributed by atoms with Crippen LogP contribution in [-0.2, 0) is 4.79 Å². The van der Waals surface area contributed by atoms with Crippen molar-refractivity contribution in [3.8, 4) is 17.6 Å². The SMILES string of the molecule is CC(=O)SCCC#Cc1cc(F)c(O)c(F)c1. The van der Waals surface area contributed by atoms with E-state index in [1.54, 1.807) is 0 Å². The second kappa shape index (κ2) is 6.26. The number of rotatable bonds is 2. The van der Waals surface area contributed by atoms with Gasteiger partial charge in [-0.15, -0.1) is 0 Å². The van der Waals surface area contributed by atoms with Crippen molar-refractivity contribution in [2.24, 2.45) is 0 Å². The number of hydrogen-bond acceptors (Lipinski definition) is 3. The Kier molecular flexibility index (Phi) is 4.98. The topological polar surface area (TPSA) is 37.3 Å². The molecule has 0 saturated heterocycles. The molecule has 0 fully saturated rings. The van der Waals surface area contributed by atoms with Crippen molar-refractivity contribution in [1.29, 1.82) is 0 Å². The maximum Gasteiger partial charge on any atom is 0.187 e. The fraction of sp³-hybridized carbons (Fsp3) is 0.250. The molecule has 0 bridgehead atoms. The third kappa shape index (κ3) is 4.45. The second-order valence-electron chi connectivity index (χ2n) is 3.18. The Hall–Kier alpha value is -1.54. The first-order chi connectivity index (χ1) is 8.00. The molecule has 0 aliphatic carbocycles. The number of hydrogen-bond donors (Lipinski definition) is 1. The van der Waals surface area contributed by atoms with Gasteiger partial charge in [0, 0.05) is 24.7 Å². The molecule has 17 heavy (non-hydrogen) atoms. The molecule has 0 amide bonds. The van der Waals surface area contributed by atoms with Crippen molar-refractivity contribution in [3.05, 3.63) is 29.3 Å². The molecule has 2 nitrogen and oxygen atoms in total. The quantitative estimate of drug-likeness (QED) is 0.653. The number of halogens is 2. The molecular formula is C12H10F2O2S. The average Bonchev–Trinajstić information content (AvgIpc) is 2.25. The molecule has 1 N–H and O–H groups in total. The number of thioether (sulfide) groups is 1. The standard InChI is InChI=1S/C12H10F2O2S/c1-8(15)17-5-3-2-4-9-6-10(13)12(16)11(14)7-9/h6-7,16H,3,5H2,1H3. The zero-order valence-electron chi connectivity index (χ0n) is 9.09. The van der Waals surface area contributed by atoms with Crippen LogP contribution in [0.3, 0.4) is 0 Å². The van der Waals surface area contributed by atoms with Crippen LogP contribution < -0.4 is 0 Å². The lowest BCUT2D eigenvalue weighted by molar-refractivity contribution is -0.109. The Bertz CT molecular complexity index is 466. The van der Waals surface area contributed by atoms with E-state index < -0.39 is 17.4 Å². The highest BCUT2D eigenvalue weighted by molar-refractivity contribution is 8.13. The third-order valence-corrected chi connectivity index (χ3v) is 2.60. The van der Waals surface area contributed by atoms with Crippen LogP contribution in [0.1, 0.15) is 18.9 Å². The lowest BCUT2D eigenvalue weighted by Gasteiger charge is -1.97. The summed E-state index contributed by atoms with van der Waals surface area (Å²) in [4.78, 5) is 10.6. The summed E-state index contributed by atoms with van der Waals surface area (Å²) in [5.74, 6) is 2.73. The molecule has 1 aromatic rings. The van der Waals surface area contributed by atoms with Gasteiger partial charge >= 0.3 is 0 Å². The predicted molar refractivity (Wildman–Crippen MR) is 62.7 cm³/mol. The van der Waals surface area contributed by atoms with E-state index >= 15 is 0 Å². The largest absolute Gasteiger partial charge is 0.503 e. The molecule has 0 radical (unpaired) electrons. The zero-order valence-corrected chi connectivity index (χ0v) is 9.91. The molecule has 5 heteroatoms. The molecule has 0 unspecified atom stereocenters. The Labute approximate surface area is 102 Å². The Morgan fingerprint density at radius 1 is 1.41 bits per heavy atom. The van der Waals surface area contributed by atoms with E-state index in [1.165, 1.54) is 6.92 Å². The van der Waals surface area contributed by atoms with E-state index in [-0.39, 0.29) is 10.7 Å². The van der Waals surface area contributed by atoms with Crippen LogP contribution in [0.5, 0.6) is 5.75 Å². The summed E-state index contributed by atoms with van der Waals surface area (Å²) in [5, 5.41) is 8.87. The summed E-state index contributed by atoms with van der Waals surface area (Å²) in [6.07, 6.45) is 0.453. The van der Waals surface area contributed by atoms with Gasteiger partial charge in [0.15, 0.2) is 22.5 Å². The van der Waals surface area contributed by atoms with Crippen molar-refractivity contribution in [1.82, 2.24) is 0 Å². The number of benzene rings is 1. The minimum absolute atomic E-state index is 0.00789. The van der Waals surface area contributed by atoms with Gasteiger partial charge in [-0.2, -0.15) is 0 Å². The van der Waals surface area contributed by atoms with Crippen molar-refractivity contribution in [2.45, 2.75) is 13.3 Å². The summed E-state index contributed by atoms with van der Waals surface area (Å²) >= 11 is 1.15. The third-order valence-electron chi connectivity index (χ3n) is 1.78. The maximum atomic E-state index is 12.9. The van der Waals surface area contributed by atoms with Crippen LogP contribution in [0.25, 0.3) is 0 Å². The van der Waals surface area contributed by atoms with Gasteiger partial charge in [-0.3, -0.25) is 4.79 Å². The fourth-order valence-electron chi connectivity index (χ4n) is 1.05. The highest BCUT2D eigenvalue weighted by Gasteiger charge is 2.07. The monoisotopic (exact) mass is 256 g/mol. The zero-order chi connectivity index (χ0) is 12.8. The van der Waals surface area contributed by atoms with Crippen LogP contribution >= 0.6 is 11.8 Å². The second-order valence-corrected chi connectivity index (χ2v) is 4.45. The van der Waals surface area contributed by atoms with E-state index in [4.69, 9.17) is 5.11 Å². The van der Waals surface area contributed by atoms with Crippen LogP contribution in [-0.4, -0.2) is 16.0 Å². The lowest BCUT2D eigenvalue weighted by Crippen LogP contribution is -1.86. The molecule has 0 spiro atoms. The number of carbonyl (C=O) groups excluding carboxylic acids is 1. The van der Waals surface area contributed by atoms with Gasteiger partial charge in [0.2, 0.25) is 0 Å². The van der Waals surface area contributed by atoms with E-state index in [0.717, 1.165) is 23.9 Å². The molecule has 0 atom stereocenters. The molecule has 90 valence electrons. The van der Waals surface area contributed by atoms with Crippen molar-refractivity contribution in [2.75, 3.05) is 5.75 Å². The van der Waals surface area contributed by atoms with Crippen LogP contribution in [0, 0.1) is 23.5 Å². The van der Waals surface area contributed by atoms with E-state index in [9.17, 15) is 13.6 Å². The van der Waals surface area contributed by atoms with E-state index in [2.05, 4.69) is 11.8 Å². The number of phenolic OH excluding ortho intramolecular Hbond substituents is 1. The van der Waals surface area contributed by atoms with Crippen molar-refractivity contribution in [3.63, 3.8) is 0 Å². The van der Waals surface area contributed by atoms with Gasteiger partial charge < -0.3 is 5.11 Å².